The minimum atomic E-state index is -0.520. The van der Waals surface area contributed by atoms with Gasteiger partial charge in [0.05, 0.1) is 10.5 Å². The summed E-state index contributed by atoms with van der Waals surface area (Å²) < 4.78 is 5.48. The van der Waals surface area contributed by atoms with Gasteiger partial charge in [0.25, 0.3) is 5.91 Å². The Morgan fingerprint density at radius 3 is 2.87 bits per heavy atom. The fraction of sp³-hybridized carbons (Fsp3) is 0.214. The highest BCUT2D eigenvalue weighted by molar-refractivity contribution is 7.16. The van der Waals surface area contributed by atoms with Crippen LogP contribution in [0.15, 0.2) is 30.3 Å². The second kappa shape index (κ2) is 7.91. The van der Waals surface area contributed by atoms with Crippen LogP contribution in [0, 0.1) is 17.0 Å². The van der Waals surface area contributed by atoms with Crippen LogP contribution in [0.4, 0.5) is 10.7 Å². The van der Waals surface area contributed by atoms with Crippen molar-refractivity contribution in [2.45, 2.75) is 6.92 Å². The van der Waals surface area contributed by atoms with E-state index in [1.165, 1.54) is 6.07 Å². The Hall–Kier alpha value is -2.16. The summed E-state index contributed by atoms with van der Waals surface area (Å²) in [5.74, 6) is -0.0859. The number of hydrogen-bond acceptors (Lipinski definition) is 6. The summed E-state index contributed by atoms with van der Waals surface area (Å²) in [4.78, 5) is 26.1. The van der Waals surface area contributed by atoms with Crippen LogP contribution in [0.3, 0.4) is 0 Å². The second-order valence-corrected chi connectivity index (χ2v) is 6.03. The number of nitrogens with one attached hydrogen (secondary N) is 2. The molecule has 0 aliphatic heterocycles. The largest absolute Gasteiger partial charge is 0.491 e. The van der Waals surface area contributed by atoms with Crippen molar-refractivity contribution < 1.29 is 14.5 Å². The monoisotopic (exact) mass is 355 g/mol. The van der Waals surface area contributed by atoms with Gasteiger partial charge >= 0.3 is 5.69 Å². The molecule has 9 heteroatoms. The Bertz CT molecular complexity index is 720. The molecule has 1 aromatic carbocycles. The van der Waals surface area contributed by atoms with Crippen molar-refractivity contribution in [3.8, 4) is 5.75 Å². The first-order valence-electron chi connectivity index (χ1n) is 6.64. The maximum absolute atomic E-state index is 12.4. The molecular weight excluding hydrogens is 342 g/mol. The Balaban J connectivity index is 2.20. The molecule has 0 atom stereocenters. The molecule has 0 spiro atoms. The van der Waals surface area contributed by atoms with E-state index in [4.69, 9.17) is 16.5 Å². The topological polar surface area (TPSA) is 93.5 Å². The number of ether oxygens (including phenoxy) is 1. The maximum atomic E-state index is 12.4. The molecule has 2 rings (SSSR count). The second-order valence-electron chi connectivity index (χ2n) is 4.51. The lowest BCUT2D eigenvalue weighted by molar-refractivity contribution is -0.383. The lowest BCUT2D eigenvalue weighted by Crippen LogP contribution is -2.16. The average Bonchev–Trinajstić information content (AvgIpc) is 2.89. The van der Waals surface area contributed by atoms with Crippen LogP contribution in [0.2, 0.25) is 0 Å². The lowest BCUT2D eigenvalue weighted by atomic mass is 10.2. The third-order valence-corrected chi connectivity index (χ3v) is 3.99. The third-order valence-electron chi connectivity index (χ3n) is 2.85. The number of nitro groups is 1. The summed E-state index contributed by atoms with van der Waals surface area (Å²) in [6, 6.07) is 8.09. The number of rotatable bonds is 7. The zero-order valence-corrected chi connectivity index (χ0v) is 13.7. The van der Waals surface area contributed by atoms with Crippen molar-refractivity contribution in [2.24, 2.45) is 0 Å². The number of nitrogens with zero attached hydrogens (tertiary/aromatic N) is 1. The van der Waals surface area contributed by atoms with Gasteiger partial charge < -0.3 is 10.1 Å². The first-order chi connectivity index (χ1) is 11.0. The van der Waals surface area contributed by atoms with Crippen LogP contribution in [-0.4, -0.2) is 24.0 Å². The van der Waals surface area contributed by atoms with Gasteiger partial charge in [-0.3, -0.25) is 14.9 Å². The summed E-state index contributed by atoms with van der Waals surface area (Å²) in [6.45, 7) is 2.43. The van der Waals surface area contributed by atoms with Gasteiger partial charge in [0, 0.05) is 17.5 Å². The number of benzene rings is 1. The summed E-state index contributed by atoms with van der Waals surface area (Å²) in [6.07, 6.45) is 0. The molecule has 23 heavy (non-hydrogen) atoms. The van der Waals surface area contributed by atoms with Gasteiger partial charge in [-0.1, -0.05) is 12.1 Å². The molecule has 7 nitrogen and oxygen atoms in total. The Morgan fingerprint density at radius 1 is 1.43 bits per heavy atom. The number of para-hydroxylation sites is 1. The van der Waals surface area contributed by atoms with Gasteiger partial charge in [-0.15, -0.1) is 11.3 Å². The number of carbonyl (C=O) groups excluding carboxylic acids is 1. The zero-order valence-electron chi connectivity index (χ0n) is 12.2. The highest BCUT2D eigenvalue weighted by atomic mass is 35.5. The van der Waals surface area contributed by atoms with Crippen LogP contribution in [0.1, 0.15) is 15.2 Å². The summed E-state index contributed by atoms with van der Waals surface area (Å²) in [5.41, 5.74) is 0.174. The quantitative estimate of drug-likeness (QED) is 0.344. The number of hydrogen-bond donors (Lipinski definition) is 2. The molecule has 0 saturated carbocycles. The Labute approximate surface area is 141 Å². The van der Waals surface area contributed by atoms with E-state index in [-0.39, 0.29) is 17.3 Å². The van der Waals surface area contributed by atoms with E-state index < -0.39 is 10.8 Å². The predicted octanol–water partition coefficient (Wildman–Crippen LogP) is 3.34. The number of amides is 1. The SMILES string of the molecule is Cc1cc([N+](=O)[O-])c(NC(=O)c2ccccc2OCCNCl)s1. The summed E-state index contributed by atoms with van der Waals surface area (Å²) in [5, 5.41) is 13.8. The normalized spacial score (nSPS) is 10.3. The molecule has 122 valence electrons. The minimum absolute atomic E-state index is 0.120. The fourth-order valence-corrected chi connectivity index (χ4v) is 2.83. The number of halogens is 1. The molecule has 1 heterocycles. The zero-order chi connectivity index (χ0) is 16.8. The summed E-state index contributed by atoms with van der Waals surface area (Å²) in [7, 11) is 0. The fourth-order valence-electron chi connectivity index (χ4n) is 1.88. The van der Waals surface area contributed by atoms with E-state index in [0.29, 0.717) is 17.9 Å². The number of anilines is 1. The van der Waals surface area contributed by atoms with Crippen LogP contribution in [-0.2, 0) is 0 Å². The number of thiophene rings is 1. The molecule has 0 saturated heterocycles. The van der Waals surface area contributed by atoms with E-state index in [9.17, 15) is 14.9 Å². The van der Waals surface area contributed by atoms with Gasteiger partial charge in [0.15, 0.2) is 5.00 Å². The first kappa shape index (κ1) is 17.2. The van der Waals surface area contributed by atoms with Crippen molar-refractivity contribution in [2.75, 3.05) is 18.5 Å². The highest BCUT2D eigenvalue weighted by Gasteiger charge is 2.21. The minimum Gasteiger partial charge on any atom is -0.491 e. The number of carbonyl (C=O) groups is 1. The predicted molar refractivity (Wildman–Crippen MR) is 89.5 cm³/mol. The highest BCUT2D eigenvalue weighted by Crippen LogP contribution is 2.34. The van der Waals surface area contributed by atoms with Gasteiger partial charge in [0.1, 0.15) is 12.4 Å². The molecule has 0 unspecified atom stereocenters. The van der Waals surface area contributed by atoms with E-state index in [2.05, 4.69) is 10.2 Å². The van der Waals surface area contributed by atoms with Crippen molar-refractivity contribution >= 4 is 39.7 Å². The molecule has 1 aromatic heterocycles. The molecule has 1 amide bonds. The molecule has 0 bridgehead atoms. The van der Waals surface area contributed by atoms with Crippen molar-refractivity contribution in [3.63, 3.8) is 0 Å². The van der Waals surface area contributed by atoms with E-state index in [1.807, 2.05) is 0 Å². The molecule has 0 fully saturated rings. The number of aryl methyl sites for hydroxylation is 1. The third kappa shape index (κ3) is 4.41. The van der Waals surface area contributed by atoms with Gasteiger partial charge in [-0.25, -0.2) is 4.84 Å². The van der Waals surface area contributed by atoms with E-state index in [1.54, 1.807) is 31.2 Å². The molecule has 0 aliphatic carbocycles. The van der Waals surface area contributed by atoms with Crippen molar-refractivity contribution in [1.82, 2.24) is 4.84 Å². The maximum Gasteiger partial charge on any atom is 0.304 e. The van der Waals surface area contributed by atoms with Crippen LogP contribution in [0.25, 0.3) is 0 Å². The van der Waals surface area contributed by atoms with E-state index >= 15 is 0 Å². The van der Waals surface area contributed by atoms with Crippen molar-refractivity contribution in [1.29, 1.82) is 0 Å². The van der Waals surface area contributed by atoms with Crippen LogP contribution < -0.4 is 14.9 Å². The molecule has 2 N–H and O–H groups in total. The lowest BCUT2D eigenvalue weighted by Gasteiger charge is -2.10. The average molecular weight is 356 g/mol. The standard InChI is InChI=1S/C14H14ClN3O4S/c1-9-8-11(18(20)21)14(23-9)17-13(19)10-4-2-3-5-12(10)22-7-6-16-15/h2-5,8,16H,6-7H2,1H3,(H,17,19). The Kier molecular flexibility index (Phi) is 5.91. The van der Waals surface area contributed by atoms with Gasteiger partial charge in [-0.05, 0) is 30.8 Å². The first-order valence-corrected chi connectivity index (χ1v) is 7.84. The smallest absolute Gasteiger partial charge is 0.304 e. The summed E-state index contributed by atoms with van der Waals surface area (Å²) >= 11 is 6.51. The van der Waals surface area contributed by atoms with Gasteiger partial charge in [0.2, 0.25) is 0 Å². The van der Waals surface area contributed by atoms with Crippen molar-refractivity contribution in [3.05, 3.63) is 50.9 Å². The molecule has 2 aromatic rings. The Morgan fingerprint density at radius 2 is 2.17 bits per heavy atom. The molecule has 0 radical (unpaired) electrons. The van der Waals surface area contributed by atoms with E-state index in [0.717, 1.165) is 16.2 Å². The van der Waals surface area contributed by atoms with Gasteiger partial charge in [-0.2, -0.15) is 0 Å². The van der Waals surface area contributed by atoms with Crippen LogP contribution in [0.5, 0.6) is 5.75 Å². The van der Waals surface area contributed by atoms with Crippen LogP contribution >= 0.6 is 23.1 Å². The molecule has 0 aliphatic rings. The molecular formula is C14H14ClN3O4S.